The average Bonchev–Trinajstić information content (AvgIpc) is 2.78. The highest BCUT2D eigenvalue weighted by Crippen LogP contribution is 2.13. The minimum Gasteiger partial charge on any atom is -0.480 e. The van der Waals surface area contributed by atoms with Crippen LogP contribution in [-0.4, -0.2) is 44.1 Å². The topological polar surface area (TPSA) is 105 Å². The summed E-state index contributed by atoms with van der Waals surface area (Å²) in [7, 11) is 1.53. The summed E-state index contributed by atoms with van der Waals surface area (Å²) in [4.78, 5) is 0. The highest BCUT2D eigenvalue weighted by atomic mass is 16.5. The zero-order valence-corrected chi connectivity index (χ0v) is 8.74. The normalized spacial score (nSPS) is 10.4. The molecule has 8 heteroatoms. The Morgan fingerprint density at radius 3 is 2.81 bits per heavy atom. The third-order valence-electron chi connectivity index (χ3n) is 1.95. The Balaban J connectivity index is 2.31. The van der Waals surface area contributed by atoms with Gasteiger partial charge in [-0.25, -0.2) is 4.68 Å². The molecule has 0 amide bonds. The van der Waals surface area contributed by atoms with Gasteiger partial charge >= 0.3 is 0 Å². The Hall–Kier alpha value is -2.09. The van der Waals surface area contributed by atoms with E-state index in [2.05, 4.69) is 25.7 Å². The number of aromatic nitrogens is 6. The summed E-state index contributed by atoms with van der Waals surface area (Å²) >= 11 is 0. The third-order valence-corrected chi connectivity index (χ3v) is 1.95. The van der Waals surface area contributed by atoms with Gasteiger partial charge in [0, 0.05) is 12.6 Å². The standard InChI is InChI=1S/C8H11N7O/c1-16-7-3-2-6(10-11-7)8-12-13-14-15(8)5-4-9/h2-3H,4-5,9H2,1H3. The number of rotatable bonds is 4. The second-order valence-electron chi connectivity index (χ2n) is 2.98. The molecule has 0 radical (unpaired) electrons. The van der Waals surface area contributed by atoms with Gasteiger partial charge in [0.2, 0.25) is 11.7 Å². The third kappa shape index (κ3) is 1.96. The van der Waals surface area contributed by atoms with Gasteiger partial charge in [-0.3, -0.25) is 0 Å². The molecular weight excluding hydrogens is 210 g/mol. The Morgan fingerprint density at radius 2 is 2.19 bits per heavy atom. The van der Waals surface area contributed by atoms with E-state index in [1.54, 1.807) is 16.8 Å². The molecule has 0 saturated carbocycles. The molecule has 2 rings (SSSR count). The molecule has 0 unspecified atom stereocenters. The Bertz CT molecular complexity index is 452. The molecule has 84 valence electrons. The summed E-state index contributed by atoms with van der Waals surface area (Å²) in [5.41, 5.74) is 6.02. The van der Waals surface area contributed by atoms with Crippen molar-refractivity contribution in [3.05, 3.63) is 12.1 Å². The van der Waals surface area contributed by atoms with Crippen molar-refractivity contribution in [2.45, 2.75) is 6.54 Å². The van der Waals surface area contributed by atoms with Crippen molar-refractivity contribution in [2.24, 2.45) is 5.73 Å². The molecule has 2 aromatic heterocycles. The fraction of sp³-hybridized carbons (Fsp3) is 0.375. The number of hydrogen-bond acceptors (Lipinski definition) is 7. The number of ether oxygens (including phenoxy) is 1. The van der Waals surface area contributed by atoms with Crippen LogP contribution in [-0.2, 0) is 6.54 Å². The Labute approximate surface area is 91.4 Å². The molecule has 0 aliphatic heterocycles. The van der Waals surface area contributed by atoms with Crippen molar-refractivity contribution in [1.29, 1.82) is 0 Å². The maximum Gasteiger partial charge on any atom is 0.233 e. The van der Waals surface area contributed by atoms with Crippen molar-refractivity contribution in [3.63, 3.8) is 0 Å². The number of nitrogens with zero attached hydrogens (tertiary/aromatic N) is 6. The van der Waals surface area contributed by atoms with E-state index in [0.717, 1.165) is 0 Å². The zero-order chi connectivity index (χ0) is 11.4. The van der Waals surface area contributed by atoms with E-state index in [1.165, 1.54) is 7.11 Å². The second kappa shape index (κ2) is 4.62. The fourth-order valence-corrected chi connectivity index (χ4v) is 1.21. The first-order chi connectivity index (χ1) is 7.85. The van der Waals surface area contributed by atoms with Crippen molar-refractivity contribution < 1.29 is 4.74 Å². The van der Waals surface area contributed by atoms with Crippen molar-refractivity contribution >= 4 is 0 Å². The highest BCUT2D eigenvalue weighted by molar-refractivity contribution is 5.47. The van der Waals surface area contributed by atoms with Gasteiger partial charge in [-0.1, -0.05) is 0 Å². The maximum atomic E-state index is 5.44. The summed E-state index contributed by atoms with van der Waals surface area (Å²) < 4.78 is 6.49. The van der Waals surface area contributed by atoms with Crippen LogP contribution in [0.15, 0.2) is 12.1 Å². The Kier molecular flexibility index (Phi) is 3.01. The molecule has 0 aliphatic carbocycles. The van der Waals surface area contributed by atoms with Crippen LogP contribution in [0.4, 0.5) is 0 Å². The van der Waals surface area contributed by atoms with E-state index >= 15 is 0 Å². The van der Waals surface area contributed by atoms with Crippen LogP contribution in [0.5, 0.6) is 5.88 Å². The summed E-state index contributed by atoms with van der Waals surface area (Å²) in [5.74, 6) is 0.988. The van der Waals surface area contributed by atoms with E-state index in [9.17, 15) is 0 Å². The van der Waals surface area contributed by atoms with E-state index < -0.39 is 0 Å². The van der Waals surface area contributed by atoms with Gasteiger partial charge in [-0.2, -0.15) is 0 Å². The lowest BCUT2D eigenvalue weighted by Crippen LogP contribution is -2.12. The first kappa shape index (κ1) is 10.4. The van der Waals surface area contributed by atoms with Crippen molar-refractivity contribution in [1.82, 2.24) is 30.4 Å². The molecule has 2 heterocycles. The molecule has 0 spiro atoms. The summed E-state index contributed by atoms with van der Waals surface area (Å²) in [5, 5.41) is 19.0. The van der Waals surface area contributed by atoms with Crippen LogP contribution < -0.4 is 10.5 Å². The van der Waals surface area contributed by atoms with Crippen LogP contribution in [0.3, 0.4) is 0 Å². The number of nitrogens with two attached hydrogens (primary N) is 1. The molecule has 0 fully saturated rings. The van der Waals surface area contributed by atoms with E-state index in [0.29, 0.717) is 30.5 Å². The van der Waals surface area contributed by atoms with Gasteiger partial charge in [0.15, 0.2) is 0 Å². The van der Waals surface area contributed by atoms with E-state index in [-0.39, 0.29) is 0 Å². The SMILES string of the molecule is COc1ccc(-c2nnnn2CCN)nn1. The number of methoxy groups -OCH3 is 1. The van der Waals surface area contributed by atoms with Crippen molar-refractivity contribution in [2.75, 3.05) is 13.7 Å². The summed E-state index contributed by atoms with van der Waals surface area (Å²) in [6.07, 6.45) is 0. The lowest BCUT2D eigenvalue weighted by molar-refractivity contribution is 0.392. The molecule has 0 saturated heterocycles. The van der Waals surface area contributed by atoms with Crippen LogP contribution in [0, 0.1) is 0 Å². The molecular formula is C8H11N7O. The quantitative estimate of drug-likeness (QED) is 0.713. The lowest BCUT2D eigenvalue weighted by atomic mass is 10.3. The van der Waals surface area contributed by atoms with Crippen LogP contribution in [0.2, 0.25) is 0 Å². The molecule has 16 heavy (non-hydrogen) atoms. The van der Waals surface area contributed by atoms with E-state index in [4.69, 9.17) is 10.5 Å². The summed E-state index contributed by atoms with van der Waals surface area (Å²) in [6.45, 7) is 0.998. The molecule has 8 nitrogen and oxygen atoms in total. The van der Waals surface area contributed by atoms with Crippen molar-refractivity contribution in [3.8, 4) is 17.4 Å². The minimum atomic E-state index is 0.446. The fourth-order valence-electron chi connectivity index (χ4n) is 1.21. The van der Waals surface area contributed by atoms with Crippen LogP contribution >= 0.6 is 0 Å². The zero-order valence-electron chi connectivity index (χ0n) is 8.74. The smallest absolute Gasteiger partial charge is 0.233 e. The minimum absolute atomic E-state index is 0.446. The maximum absolute atomic E-state index is 5.44. The number of tetrazole rings is 1. The molecule has 0 atom stereocenters. The lowest BCUT2D eigenvalue weighted by Gasteiger charge is -2.01. The predicted molar refractivity (Wildman–Crippen MR) is 54.4 cm³/mol. The van der Waals surface area contributed by atoms with E-state index in [1.807, 2.05) is 0 Å². The largest absolute Gasteiger partial charge is 0.480 e. The monoisotopic (exact) mass is 221 g/mol. The van der Waals surface area contributed by atoms with Gasteiger partial charge < -0.3 is 10.5 Å². The predicted octanol–water partition coefficient (Wildman–Crippen LogP) is -0.903. The van der Waals surface area contributed by atoms with Gasteiger partial charge in [0.25, 0.3) is 0 Å². The second-order valence-corrected chi connectivity index (χ2v) is 2.98. The summed E-state index contributed by atoms with van der Waals surface area (Å²) in [6, 6.07) is 3.44. The first-order valence-corrected chi connectivity index (χ1v) is 4.69. The van der Waals surface area contributed by atoms with Gasteiger partial charge in [0.05, 0.1) is 13.7 Å². The molecule has 0 aromatic carbocycles. The average molecular weight is 221 g/mol. The molecule has 0 bridgehead atoms. The molecule has 2 N–H and O–H groups in total. The number of hydrogen-bond donors (Lipinski definition) is 1. The first-order valence-electron chi connectivity index (χ1n) is 4.69. The van der Waals surface area contributed by atoms with Gasteiger partial charge in [-0.05, 0) is 16.5 Å². The van der Waals surface area contributed by atoms with Crippen LogP contribution in [0.1, 0.15) is 0 Å². The molecule has 2 aromatic rings. The van der Waals surface area contributed by atoms with Crippen LogP contribution in [0.25, 0.3) is 11.5 Å². The highest BCUT2D eigenvalue weighted by Gasteiger charge is 2.10. The van der Waals surface area contributed by atoms with Gasteiger partial charge in [0.1, 0.15) is 5.69 Å². The Morgan fingerprint density at radius 1 is 1.31 bits per heavy atom. The molecule has 0 aliphatic rings. The van der Waals surface area contributed by atoms with Gasteiger partial charge in [-0.15, -0.1) is 15.3 Å².